The molecule has 2 aliphatic heterocycles. The molecule has 138 valence electrons. The molecule has 0 saturated carbocycles. The second kappa shape index (κ2) is 8.21. The summed E-state index contributed by atoms with van der Waals surface area (Å²) in [6, 6.07) is 16.9. The van der Waals surface area contributed by atoms with Gasteiger partial charge in [0.1, 0.15) is 5.75 Å². The van der Waals surface area contributed by atoms with Crippen LogP contribution in [0.25, 0.3) is 11.1 Å². The molecule has 2 saturated heterocycles. The highest BCUT2D eigenvalue weighted by atomic mass is 16.6. The quantitative estimate of drug-likeness (QED) is 0.594. The maximum Gasteiger partial charge on any atom is 0.119 e. The second-order valence-corrected chi connectivity index (χ2v) is 7.00. The van der Waals surface area contributed by atoms with Gasteiger partial charge in [-0.25, -0.2) is 0 Å². The molecule has 4 nitrogen and oxygen atoms in total. The summed E-state index contributed by atoms with van der Waals surface area (Å²) >= 11 is 0. The van der Waals surface area contributed by atoms with Crippen molar-refractivity contribution < 1.29 is 18.9 Å². The Hall–Kier alpha value is -1.88. The summed E-state index contributed by atoms with van der Waals surface area (Å²) in [5, 5.41) is 0. The van der Waals surface area contributed by atoms with E-state index in [2.05, 4.69) is 43.3 Å². The summed E-state index contributed by atoms with van der Waals surface area (Å²) in [6.45, 7) is 5.34. The van der Waals surface area contributed by atoms with Crippen LogP contribution >= 0.6 is 0 Å². The number of ether oxygens (including phenoxy) is 4. The van der Waals surface area contributed by atoms with Gasteiger partial charge in [0, 0.05) is 13.0 Å². The average Bonchev–Trinajstić information content (AvgIpc) is 3.58. The lowest BCUT2D eigenvalue weighted by Gasteiger charge is -2.14. The van der Waals surface area contributed by atoms with Crippen LogP contribution in [-0.2, 0) is 14.2 Å². The molecule has 2 aromatic carbocycles. The summed E-state index contributed by atoms with van der Waals surface area (Å²) < 4.78 is 22.0. The molecule has 3 atom stereocenters. The number of rotatable bonds is 10. The summed E-state index contributed by atoms with van der Waals surface area (Å²) in [6.07, 6.45) is 2.91. The van der Waals surface area contributed by atoms with Crippen molar-refractivity contribution in [3.05, 3.63) is 54.1 Å². The molecule has 0 radical (unpaired) electrons. The summed E-state index contributed by atoms with van der Waals surface area (Å²) in [7, 11) is 0. The molecule has 0 aromatic heterocycles. The zero-order valence-electron chi connectivity index (χ0n) is 15.2. The second-order valence-electron chi connectivity index (χ2n) is 7.00. The summed E-state index contributed by atoms with van der Waals surface area (Å²) in [5.41, 5.74) is 3.59. The Balaban J connectivity index is 1.28. The highest BCUT2D eigenvalue weighted by Crippen LogP contribution is 2.26. The Morgan fingerprint density at radius 1 is 0.846 bits per heavy atom. The van der Waals surface area contributed by atoms with Crippen LogP contribution in [-0.4, -0.2) is 38.6 Å². The van der Waals surface area contributed by atoms with Crippen molar-refractivity contribution in [2.24, 2.45) is 0 Å². The summed E-state index contributed by atoms with van der Waals surface area (Å²) in [5.74, 6) is 0.910. The molecule has 0 aliphatic carbocycles. The van der Waals surface area contributed by atoms with Gasteiger partial charge in [-0.15, -0.1) is 0 Å². The Labute approximate surface area is 155 Å². The van der Waals surface area contributed by atoms with Gasteiger partial charge in [0.25, 0.3) is 0 Å². The topological polar surface area (TPSA) is 43.5 Å². The van der Waals surface area contributed by atoms with Gasteiger partial charge in [0.05, 0.1) is 38.1 Å². The van der Waals surface area contributed by atoms with Crippen molar-refractivity contribution >= 4 is 0 Å². The molecule has 2 aliphatic rings. The van der Waals surface area contributed by atoms with Gasteiger partial charge in [0.2, 0.25) is 0 Å². The van der Waals surface area contributed by atoms with Crippen LogP contribution in [0.4, 0.5) is 0 Å². The Morgan fingerprint density at radius 2 is 1.38 bits per heavy atom. The molecule has 0 spiro atoms. The van der Waals surface area contributed by atoms with Crippen molar-refractivity contribution in [3.63, 3.8) is 0 Å². The fraction of sp³-hybridized carbons (Fsp3) is 0.455. The van der Waals surface area contributed by atoms with Crippen LogP contribution in [0.2, 0.25) is 0 Å². The van der Waals surface area contributed by atoms with E-state index in [0.29, 0.717) is 18.8 Å². The van der Waals surface area contributed by atoms with Crippen molar-refractivity contribution in [1.29, 1.82) is 0 Å². The van der Waals surface area contributed by atoms with Crippen molar-refractivity contribution in [1.82, 2.24) is 0 Å². The standard InChI is InChI=1S/C22H26O4/c1-16(23-12-10-21-14-25-21)17-2-4-18(5-3-17)19-6-8-20(9-7-19)24-13-11-22-15-26-22/h2-9,16,21-22H,10-15H2,1H3. The van der Waals surface area contributed by atoms with Crippen LogP contribution in [0.1, 0.15) is 31.4 Å². The van der Waals surface area contributed by atoms with Crippen LogP contribution in [0.5, 0.6) is 5.75 Å². The van der Waals surface area contributed by atoms with Gasteiger partial charge in [-0.05, 0) is 42.2 Å². The molecule has 0 amide bonds. The minimum atomic E-state index is 0.106. The first-order chi connectivity index (χ1) is 12.8. The van der Waals surface area contributed by atoms with E-state index in [4.69, 9.17) is 18.9 Å². The molecule has 4 heteroatoms. The minimum Gasteiger partial charge on any atom is -0.493 e. The number of epoxide rings is 2. The Bertz CT molecular complexity index is 687. The molecular weight excluding hydrogens is 328 g/mol. The predicted octanol–water partition coefficient (Wildman–Crippen LogP) is 4.39. The third-order valence-corrected chi connectivity index (χ3v) is 4.89. The minimum absolute atomic E-state index is 0.106. The van der Waals surface area contributed by atoms with Gasteiger partial charge >= 0.3 is 0 Å². The first-order valence-corrected chi connectivity index (χ1v) is 9.46. The fourth-order valence-electron chi connectivity index (χ4n) is 2.94. The van der Waals surface area contributed by atoms with Crippen molar-refractivity contribution in [2.75, 3.05) is 26.4 Å². The average molecular weight is 354 g/mol. The van der Waals surface area contributed by atoms with E-state index in [1.807, 2.05) is 12.1 Å². The van der Waals surface area contributed by atoms with Gasteiger partial charge in [-0.2, -0.15) is 0 Å². The van der Waals surface area contributed by atoms with E-state index in [1.54, 1.807) is 0 Å². The highest BCUT2D eigenvalue weighted by Gasteiger charge is 2.22. The lowest BCUT2D eigenvalue weighted by molar-refractivity contribution is 0.0603. The maximum absolute atomic E-state index is 5.89. The first kappa shape index (κ1) is 17.5. The SMILES string of the molecule is CC(OCCC1CO1)c1ccc(-c2ccc(OCCC3CO3)cc2)cc1. The van der Waals surface area contributed by atoms with Crippen LogP contribution in [0.3, 0.4) is 0 Å². The van der Waals surface area contributed by atoms with Gasteiger partial charge in [0.15, 0.2) is 0 Å². The monoisotopic (exact) mass is 354 g/mol. The third kappa shape index (κ3) is 5.07. The molecule has 2 heterocycles. The van der Waals surface area contributed by atoms with E-state index in [1.165, 1.54) is 16.7 Å². The maximum atomic E-state index is 5.89. The van der Waals surface area contributed by atoms with Crippen LogP contribution in [0.15, 0.2) is 48.5 Å². The molecule has 0 bridgehead atoms. The first-order valence-electron chi connectivity index (χ1n) is 9.46. The van der Waals surface area contributed by atoms with Gasteiger partial charge in [-0.1, -0.05) is 36.4 Å². The smallest absolute Gasteiger partial charge is 0.119 e. The third-order valence-electron chi connectivity index (χ3n) is 4.89. The van der Waals surface area contributed by atoms with Gasteiger partial charge in [-0.3, -0.25) is 0 Å². The largest absolute Gasteiger partial charge is 0.493 e. The highest BCUT2D eigenvalue weighted by molar-refractivity contribution is 5.64. The van der Waals surface area contributed by atoms with E-state index in [9.17, 15) is 0 Å². The van der Waals surface area contributed by atoms with E-state index in [-0.39, 0.29) is 6.10 Å². The molecular formula is C22H26O4. The molecule has 0 N–H and O–H groups in total. The lowest BCUT2D eigenvalue weighted by atomic mass is 10.0. The molecule has 3 unspecified atom stereocenters. The molecule has 2 aromatic rings. The number of hydrogen-bond donors (Lipinski definition) is 0. The van der Waals surface area contributed by atoms with E-state index < -0.39 is 0 Å². The molecule has 4 rings (SSSR count). The van der Waals surface area contributed by atoms with Crippen molar-refractivity contribution in [2.45, 2.75) is 38.1 Å². The Kier molecular flexibility index (Phi) is 5.54. The zero-order valence-corrected chi connectivity index (χ0v) is 15.2. The zero-order chi connectivity index (χ0) is 17.8. The van der Waals surface area contributed by atoms with Crippen LogP contribution in [0, 0.1) is 0 Å². The number of hydrogen-bond acceptors (Lipinski definition) is 4. The van der Waals surface area contributed by atoms with E-state index in [0.717, 1.165) is 38.4 Å². The van der Waals surface area contributed by atoms with E-state index >= 15 is 0 Å². The predicted molar refractivity (Wildman–Crippen MR) is 100 cm³/mol. The normalized spacial score (nSPS) is 22.0. The van der Waals surface area contributed by atoms with Gasteiger partial charge < -0.3 is 18.9 Å². The fourth-order valence-corrected chi connectivity index (χ4v) is 2.94. The van der Waals surface area contributed by atoms with Crippen LogP contribution < -0.4 is 4.74 Å². The lowest BCUT2D eigenvalue weighted by Crippen LogP contribution is -2.03. The molecule has 2 fully saturated rings. The van der Waals surface area contributed by atoms with Crippen molar-refractivity contribution in [3.8, 4) is 16.9 Å². The number of benzene rings is 2. The molecule has 26 heavy (non-hydrogen) atoms. The Morgan fingerprint density at radius 3 is 1.96 bits per heavy atom. The summed E-state index contributed by atoms with van der Waals surface area (Å²) in [4.78, 5) is 0.